The first-order valence-corrected chi connectivity index (χ1v) is 13.9. The van der Waals surface area contributed by atoms with Crippen LogP contribution in [0.5, 0.6) is 0 Å². The first-order valence-electron chi connectivity index (χ1n) is 13.9. The Bertz CT molecular complexity index is 1390. The average molecular weight is 531 g/mol. The molecular weight excluding hydrogens is 492 g/mol. The maximum atomic E-state index is 14.2. The molecule has 1 unspecified atom stereocenters. The molecule has 0 radical (unpaired) electrons. The van der Waals surface area contributed by atoms with Crippen molar-refractivity contribution in [3.8, 4) is 0 Å². The van der Waals surface area contributed by atoms with Crippen molar-refractivity contribution in [1.82, 2.24) is 10.3 Å². The number of carbonyl (C=O) groups is 3. The van der Waals surface area contributed by atoms with Crippen LogP contribution in [0.3, 0.4) is 0 Å². The van der Waals surface area contributed by atoms with Gasteiger partial charge in [0.2, 0.25) is 5.91 Å². The van der Waals surface area contributed by atoms with Gasteiger partial charge in [-0.05, 0) is 60.8 Å². The van der Waals surface area contributed by atoms with E-state index in [-0.39, 0.29) is 36.5 Å². The van der Waals surface area contributed by atoms with Crippen molar-refractivity contribution in [2.45, 2.75) is 64.7 Å². The van der Waals surface area contributed by atoms with Crippen LogP contribution in [0.25, 0.3) is 10.9 Å². The molecule has 0 bridgehead atoms. The fourth-order valence-electron chi connectivity index (χ4n) is 7.30. The summed E-state index contributed by atoms with van der Waals surface area (Å²) in [5.41, 5.74) is 1.58. The second-order valence-electron chi connectivity index (χ2n) is 11.7. The van der Waals surface area contributed by atoms with Gasteiger partial charge in [0.25, 0.3) is 0 Å². The number of nitrogens with one attached hydrogen (secondary N) is 2. The topological polar surface area (TPSA) is 119 Å². The van der Waals surface area contributed by atoms with Crippen molar-refractivity contribution in [2.24, 2.45) is 29.1 Å². The third kappa shape index (κ3) is 4.42. The highest BCUT2D eigenvalue weighted by Gasteiger charge is 2.68. The van der Waals surface area contributed by atoms with Gasteiger partial charge in [-0.25, -0.2) is 0 Å². The molecule has 3 aliphatic rings. The van der Waals surface area contributed by atoms with E-state index in [2.05, 4.69) is 16.9 Å². The number of amides is 1. The lowest BCUT2D eigenvalue weighted by Gasteiger charge is -2.49. The van der Waals surface area contributed by atoms with Crippen LogP contribution in [0.1, 0.15) is 45.6 Å². The number of benzene rings is 1. The zero-order valence-corrected chi connectivity index (χ0v) is 22.8. The molecule has 1 saturated heterocycles. The third-order valence-electron chi connectivity index (χ3n) is 9.32. The smallest absolute Gasteiger partial charge is 0.235 e. The summed E-state index contributed by atoms with van der Waals surface area (Å²) in [4.78, 5) is 44.4. The fraction of sp³-hybridized carbons (Fsp3) is 0.469. The molecule has 1 saturated carbocycles. The summed E-state index contributed by atoms with van der Waals surface area (Å²) in [6.45, 7) is 9.79. The van der Waals surface area contributed by atoms with E-state index in [0.717, 1.165) is 16.5 Å². The highest BCUT2D eigenvalue weighted by molar-refractivity contribution is 6.09. The summed E-state index contributed by atoms with van der Waals surface area (Å²) in [6, 6.07) is 7.61. The van der Waals surface area contributed by atoms with Crippen molar-refractivity contribution < 1.29 is 24.6 Å². The largest absolute Gasteiger partial charge is 0.388 e. The molecule has 1 aromatic carbocycles. The van der Waals surface area contributed by atoms with Crippen molar-refractivity contribution >= 4 is 28.4 Å². The van der Waals surface area contributed by atoms with Crippen LogP contribution >= 0.6 is 0 Å². The lowest BCUT2D eigenvalue weighted by molar-refractivity contribution is -0.152. The van der Waals surface area contributed by atoms with Crippen LogP contribution in [0, 0.1) is 29.1 Å². The number of aromatic nitrogens is 1. The van der Waals surface area contributed by atoms with Gasteiger partial charge in [-0.1, -0.05) is 56.9 Å². The number of fused-ring (bicyclic) bond motifs is 1. The highest BCUT2D eigenvalue weighted by Crippen LogP contribution is 2.57. The number of ketones is 2. The molecule has 39 heavy (non-hydrogen) atoms. The van der Waals surface area contributed by atoms with Gasteiger partial charge in [0, 0.05) is 41.4 Å². The van der Waals surface area contributed by atoms with Crippen LogP contribution in [-0.2, 0) is 20.8 Å². The second-order valence-corrected chi connectivity index (χ2v) is 11.7. The Labute approximate surface area is 229 Å². The monoisotopic (exact) mass is 530 g/mol. The maximum Gasteiger partial charge on any atom is 0.235 e. The number of hydrogen-bond donors (Lipinski definition) is 4. The first-order chi connectivity index (χ1) is 18.6. The summed E-state index contributed by atoms with van der Waals surface area (Å²) in [5, 5.41) is 26.3. The van der Waals surface area contributed by atoms with Crippen molar-refractivity contribution in [1.29, 1.82) is 0 Å². The predicted molar refractivity (Wildman–Crippen MR) is 150 cm³/mol. The Morgan fingerprint density at radius 3 is 2.64 bits per heavy atom. The van der Waals surface area contributed by atoms with E-state index in [9.17, 15) is 24.6 Å². The van der Waals surface area contributed by atoms with Crippen LogP contribution in [-0.4, -0.2) is 50.9 Å². The second kappa shape index (κ2) is 10.4. The number of aliphatic hydroxyl groups is 2. The van der Waals surface area contributed by atoms with E-state index in [1.54, 1.807) is 6.92 Å². The van der Waals surface area contributed by atoms with Crippen molar-refractivity contribution in [3.63, 3.8) is 0 Å². The summed E-state index contributed by atoms with van der Waals surface area (Å²) in [7, 11) is 0. The Hall–Kier alpha value is -3.29. The number of Topliss-reactive ketones (excluding diaryl/α,β-unsaturated/α-hetero) is 2. The van der Waals surface area contributed by atoms with Crippen LogP contribution in [0.4, 0.5) is 0 Å². The molecule has 7 nitrogen and oxygen atoms in total. The van der Waals surface area contributed by atoms with Gasteiger partial charge in [-0.3, -0.25) is 14.4 Å². The molecule has 1 aromatic heterocycles. The van der Waals surface area contributed by atoms with E-state index >= 15 is 0 Å². The minimum absolute atomic E-state index is 0.00418. The van der Waals surface area contributed by atoms with Gasteiger partial charge in [-0.2, -0.15) is 0 Å². The molecule has 5 rings (SSSR count). The third-order valence-corrected chi connectivity index (χ3v) is 9.32. The number of H-pyrrole nitrogens is 1. The molecule has 1 aliphatic heterocycles. The number of aromatic amines is 1. The number of rotatable bonds is 2. The number of allylic oxidation sites excluding steroid dienone is 2. The normalized spacial score (nSPS) is 38.1. The number of para-hydroxylation sites is 1. The van der Waals surface area contributed by atoms with Gasteiger partial charge in [0.05, 0.1) is 6.10 Å². The first kappa shape index (κ1) is 27.3. The number of hydrogen-bond acceptors (Lipinski definition) is 5. The predicted octanol–water partition coefficient (Wildman–Crippen LogP) is 3.82. The van der Waals surface area contributed by atoms with Gasteiger partial charge in [0.1, 0.15) is 17.3 Å². The van der Waals surface area contributed by atoms with Gasteiger partial charge in [0.15, 0.2) is 5.78 Å². The zero-order valence-electron chi connectivity index (χ0n) is 22.8. The number of aliphatic hydroxyl groups excluding tert-OH is 2. The Balaban J connectivity index is 1.60. The molecule has 1 amide bonds. The van der Waals surface area contributed by atoms with E-state index in [1.807, 2.05) is 62.5 Å². The molecular formula is C32H38N2O5. The molecule has 4 N–H and O–H groups in total. The molecule has 2 heterocycles. The summed E-state index contributed by atoms with van der Waals surface area (Å²) in [5.74, 6) is -2.71. The Kier molecular flexibility index (Phi) is 7.25. The summed E-state index contributed by atoms with van der Waals surface area (Å²) < 4.78 is 0. The SMILES string of the molecule is C=C1[C@@H](O)C2/C=C\C[C@H](C)/C=C(/C)C(=O)[C@@H](O)CCC(=O)[C@@]23C(=O)N[C@@H](Cc2c[nH]c4ccccc24)[C@@H]3[C@@H]1C. The zero-order chi connectivity index (χ0) is 28.1. The van der Waals surface area contributed by atoms with Crippen LogP contribution in [0.15, 0.2) is 66.4 Å². The quantitative estimate of drug-likeness (QED) is 0.348. The van der Waals surface area contributed by atoms with E-state index in [0.29, 0.717) is 24.0 Å². The van der Waals surface area contributed by atoms with Crippen molar-refractivity contribution in [2.75, 3.05) is 0 Å². The highest BCUT2D eigenvalue weighted by atomic mass is 16.3. The Morgan fingerprint density at radius 1 is 1.13 bits per heavy atom. The molecule has 2 fully saturated rings. The van der Waals surface area contributed by atoms with E-state index < -0.39 is 41.1 Å². The lowest BCUT2D eigenvalue weighted by atomic mass is 9.51. The molecule has 7 heteroatoms. The average Bonchev–Trinajstić information content (AvgIpc) is 3.45. The molecule has 8 atom stereocenters. The van der Waals surface area contributed by atoms with E-state index in [4.69, 9.17) is 0 Å². The number of carbonyl (C=O) groups excluding carboxylic acids is 3. The van der Waals surface area contributed by atoms with Gasteiger partial charge >= 0.3 is 0 Å². The summed E-state index contributed by atoms with van der Waals surface area (Å²) >= 11 is 0. The van der Waals surface area contributed by atoms with Gasteiger partial charge in [-0.15, -0.1) is 0 Å². The van der Waals surface area contributed by atoms with Crippen LogP contribution in [0.2, 0.25) is 0 Å². The minimum Gasteiger partial charge on any atom is -0.388 e. The van der Waals surface area contributed by atoms with Crippen molar-refractivity contribution in [3.05, 3.63) is 72.0 Å². The minimum atomic E-state index is -1.53. The molecule has 1 spiro atoms. The lowest BCUT2D eigenvalue weighted by Crippen LogP contribution is -2.58. The summed E-state index contributed by atoms with van der Waals surface area (Å²) in [6.07, 6.45) is 5.94. The standard InChI is InChI=1S/C32H38N2O5/c1-17-8-7-10-23-30(38)20(4)19(3)28-25(15-21-16-33-24-11-6-5-9-22(21)24)34-31(39)32(23,28)27(36)13-12-26(35)29(37)18(2)14-17/h5-7,9-11,14,16-17,19,23,25-26,28,30,33,35,38H,4,8,12-13,15H2,1-3H3,(H,34,39)/b10-7-,18-14-/t17-,19+,23?,25-,26-,28-,30+,32-/m0/s1. The van der Waals surface area contributed by atoms with Crippen LogP contribution < -0.4 is 5.32 Å². The fourth-order valence-corrected chi connectivity index (χ4v) is 7.30. The van der Waals surface area contributed by atoms with E-state index in [1.165, 1.54) is 0 Å². The molecule has 2 aliphatic carbocycles. The Morgan fingerprint density at radius 2 is 1.87 bits per heavy atom. The molecule has 206 valence electrons. The maximum absolute atomic E-state index is 14.2. The van der Waals surface area contributed by atoms with Gasteiger partial charge < -0.3 is 20.5 Å². The molecule has 2 aromatic rings.